The molecule has 0 radical (unpaired) electrons. The van der Waals surface area contributed by atoms with Crippen molar-refractivity contribution in [2.45, 2.75) is 19.1 Å². The highest BCUT2D eigenvalue weighted by Crippen LogP contribution is 2.21. The summed E-state index contributed by atoms with van der Waals surface area (Å²) in [5, 5.41) is 9.20. The van der Waals surface area contributed by atoms with Crippen LogP contribution in [0.5, 0.6) is 0 Å². The molecule has 14 heavy (non-hydrogen) atoms. The standard InChI is InChI=1S/C9H11BrFNO.ClH/c1-5(13)9(12)6-2-3-8(11)7(10)4-6;/h2-5,9,13H,12H2,1H3;1H/t5-,9-;/m0./s1. The van der Waals surface area contributed by atoms with Gasteiger partial charge in [-0.2, -0.15) is 0 Å². The van der Waals surface area contributed by atoms with Crippen LogP contribution in [0.2, 0.25) is 0 Å². The summed E-state index contributed by atoms with van der Waals surface area (Å²) in [5.41, 5.74) is 6.37. The molecule has 0 aliphatic rings. The molecule has 0 saturated heterocycles. The second-order valence-electron chi connectivity index (χ2n) is 2.94. The molecule has 1 aromatic rings. The summed E-state index contributed by atoms with van der Waals surface area (Å²) in [7, 11) is 0. The molecule has 0 aromatic heterocycles. The molecular weight excluding hydrogens is 272 g/mol. The number of rotatable bonds is 2. The maximum atomic E-state index is 12.8. The number of aliphatic hydroxyl groups is 1. The first-order chi connectivity index (χ1) is 6.02. The van der Waals surface area contributed by atoms with Crippen LogP contribution in [0.25, 0.3) is 0 Å². The van der Waals surface area contributed by atoms with E-state index in [1.54, 1.807) is 19.1 Å². The quantitative estimate of drug-likeness (QED) is 0.876. The molecule has 5 heteroatoms. The Morgan fingerprint density at radius 2 is 2.07 bits per heavy atom. The summed E-state index contributed by atoms with van der Waals surface area (Å²) in [4.78, 5) is 0. The van der Waals surface area contributed by atoms with Crippen LogP contribution >= 0.6 is 28.3 Å². The third-order valence-electron chi connectivity index (χ3n) is 1.85. The van der Waals surface area contributed by atoms with Gasteiger partial charge in [-0.25, -0.2) is 4.39 Å². The molecule has 80 valence electrons. The summed E-state index contributed by atoms with van der Waals surface area (Å²) < 4.78 is 13.2. The summed E-state index contributed by atoms with van der Waals surface area (Å²) >= 11 is 3.05. The molecule has 0 aliphatic heterocycles. The smallest absolute Gasteiger partial charge is 0.137 e. The number of nitrogens with two attached hydrogens (primary N) is 1. The van der Waals surface area contributed by atoms with Crippen molar-refractivity contribution in [2.24, 2.45) is 5.73 Å². The van der Waals surface area contributed by atoms with Gasteiger partial charge in [0.05, 0.1) is 16.6 Å². The van der Waals surface area contributed by atoms with E-state index in [-0.39, 0.29) is 18.2 Å². The fourth-order valence-corrected chi connectivity index (χ4v) is 1.39. The molecule has 0 spiro atoms. The first-order valence-corrected chi connectivity index (χ1v) is 4.70. The minimum absolute atomic E-state index is 0. The zero-order valence-corrected chi connectivity index (χ0v) is 9.98. The Hall–Kier alpha value is -0.160. The van der Waals surface area contributed by atoms with Crippen LogP contribution in [0.1, 0.15) is 18.5 Å². The summed E-state index contributed by atoms with van der Waals surface area (Å²) in [6.07, 6.45) is -0.641. The molecule has 0 bridgehead atoms. The van der Waals surface area contributed by atoms with E-state index in [0.717, 1.165) is 0 Å². The van der Waals surface area contributed by atoms with Gasteiger partial charge in [0, 0.05) is 0 Å². The Kier molecular flexibility index (Phi) is 5.59. The van der Waals surface area contributed by atoms with Gasteiger partial charge in [0.15, 0.2) is 0 Å². The maximum absolute atomic E-state index is 12.8. The highest BCUT2D eigenvalue weighted by Gasteiger charge is 2.12. The molecule has 0 unspecified atom stereocenters. The lowest BCUT2D eigenvalue weighted by atomic mass is 10.0. The first-order valence-electron chi connectivity index (χ1n) is 3.91. The van der Waals surface area contributed by atoms with Crippen molar-refractivity contribution in [3.63, 3.8) is 0 Å². The molecule has 1 rings (SSSR count). The molecule has 1 aromatic carbocycles. The van der Waals surface area contributed by atoms with E-state index in [1.165, 1.54) is 6.07 Å². The van der Waals surface area contributed by atoms with Gasteiger partial charge in [0.2, 0.25) is 0 Å². The Morgan fingerprint density at radius 3 is 2.50 bits per heavy atom. The van der Waals surface area contributed by atoms with E-state index in [0.29, 0.717) is 10.0 Å². The molecule has 3 N–H and O–H groups in total. The molecule has 0 heterocycles. The van der Waals surface area contributed by atoms with Crippen LogP contribution in [0, 0.1) is 5.82 Å². The molecule has 0 fully saturated rings. The number of benzene rings is 1. The first kappa shape index (κ1) is 13.8. The minimum Gasteiger partial charge on any atom is -0.391 e. The molecular formula is C9H12BrClFNO. The van der Waals surface area contributed by atoms with Crippen molar-refractivity contribution in [1.29, 1.82) is 0 Å². The van der Waals surface area contributed by atoms with Crippen LogP contribution in [-0.2, 0) is 0 Å². The predicted molar refractivity (Wildman–Crippen MR) is 60.0 cm³/mol. The second-order valence-corrected chi connectivity index (χ2v) is 3.79. The molecule has 2 atom stereocenters. The van der Waals surface area contributed by atoms with Gasteiger partial charge in [-0.1, -0.05) is 6.07 Å². The maximum Gasteiger partial charge on any atom is 0.137 e. The third-order valence-corrected chi connectivity index (χ3v) is 2.46. The molecule has 0 amide bonds. The average Bonchev–Trinajstić information content (AvgIpc) is 2.08. The summed E-state index contributed by atoms with van der Waals surface area (Å²) in [5.74, 6) is -0.332. The normalized spacial score (nSPS) is 14.4. The third kappa shape index (κ3) is 3.20. The number of halogens is 3. The fraction of sp³-hybridized carbons (Fsp3) is 0.333. The van der Waals surface area contributed by atoms with E-state index in [9.17, 15) is 9.50 Å². The second kappa shape index (κ2) is 5.66. The topological polar surface area (TPSA) is 46.2 Å². The van der Waals surface area contributed by atoms with Gasteiger partial charge >= 0.3 is 0 Å². The Labute approximate surface area is 96.8 Å². The van der Waals surface area contributed by atoms with E-state index in [1.807, 2.05) is 0 Å². The number of hydrogen-bond donors (Lipinski definition) is 2. The minimum atomic E-state index is -0.641. The summed E-state index contributed by atoms with van der Waals surface area (Å²) in [6.45, 7) is 1.60. The predicted octanol–water partition coefficient (Wildman–Crippen LogP) is 2.39. The van der Waals surface area contributed by atoms with E-state index in [4.69, 9.17) is 5.73 Å². The van der Waals surface area contributed by atoms with E-state index >= 15 is 0 Å². The van der Waals surface area contributed by atoms with Crippen molar-refractivity contribution >= 4 is 28.3 Å². The van der Waals surface area contributed by atoms with Crippen molar-refractivity contribution < 1.29 is 9.50 Å². The Morgan fingerprint density at radius 1 is 1.50 bits per heavy atom. The zero-order valence-electron chi connectivity index (χ0n) is 7.58. The highest BCUT2D eigenvalue weighted by atomic mass is 79.9. The number of aliphatic hydroxyl groups excluding tert-OH is 1. The zero-order chi connectivity index (χ0) is 10.0. The lowest BCUT2D eigenvalue weighted by molar-refractivity contribution is 0.164. The van der Waals surface area contributed by atoms with Crippen molar-refractivity contribution in [3.8, 4) is 0 Å². The average molecular weight is 285 g/mol. The Balaban J connectivity index is 0.00000169. The lowest BCUT2D eigenvalue weighted by Crippen LogP contribution is -2.23. The van der Waals surface area contributed by atoms with E-state index in [2.05, 4.69) is 15.9 Å². The van der Waals surface area contributed by atoms with Gasteiger partial charge < -0.3 is 10.8 Å². The Bertz CT molecular complexity index is 309. The molecule has 0 saturated carbocycles. The molecule has 2 nitrogen and oxygen atoms in total. The fourth-order valence-electron chi connectivity index (χ4n) is 0.998. The SMILES string of the molecule is C[C@H](O)[C@H](N)c1ccc(F)c(Br)c1.Cl. The van der Waals surface area contributed by atoms with Crippen molar-refractivity contribution in [1.82, 2.24) is 0 Å². The van der Waals surface area contributed by atoms with Gasteiger partial charge in [-0.3, -0.25) is 0 Å². The van der Waals surface area contributed by atoms with Crippen molar-refractivity contribution in [2.75, 3.05) is 0 Å². The molecule has 0 aliphatic carbocycles. The van der Waals surface area contributed by atoms with Gasteiger partial charge in [-0.15, -0.1) is 12.4 Å². The van der Waals surface area contributed by atoms with Crippen LogP contribution in [0.4, 0.5) is 4.39 Å². The largest absolute Gasteiger partial charge is 0.391 e. The van der Waals surface area contributed by atoms with Gasteiger partial charge in [-0.05, 0) is 40.5 Å². The van der Waals surface area contributed by atoms with E-state index < -0.39 is 12.1 Å². The van der Waals surface area contributed by atoms with Crippen LogP contribution in [-0.4, -0.2) is 11.2 Å². The highest BCUT2D eigenvalue weighted by molar-refractivity contribution is 9.10. The van der Waals surface area contributed by atoms with Gasteiger partial charge in [0.1, 0.15) is 5.82 Å². The van der Waals surface area contributed by atoms with Crippen LogP contribution < -0.4 is 5.73 Å². The summed E-state index contributed by atoms with van der Waals surface area (Å²) in [6, 6.07) is 3.99. The van der Waals surface area contributed by atoms with Gasteiger partial charge in [0.25, 0.3) is 0 Å². The number of hydrogen-bond acceptors (Lipinski definition) is 2. The monoisotopic (exact) mass is 283 g/mol. The lowest BCUT2D eigenvalue weighted by Gasteiger charge is -2.15. The van der Waals surface area contributed by atoms with Crippen LogP contribution in [0.15, 0.2) is 22.7 Å². The van der Waals surface area contributed by atoms with Crippen molar-refractivity contribution in [3.05, 3.63) is 34.1 Å². The van der Waals surface area contributed by atoms with Crippen LogP contribution in [0.3, 0.4) is 0 Å².